The van der Waals surface area contributed by atoms with Gasteiger partial charge < -0.3 is 0 Å². The highest BCUT2D eigenvalue weighted by Gasteiger charge is 2.28. The number of hydroxylamine groups is 1. The first-order valence-electron chi connectivity index (χ1n) is 12.5. The summed E-state index contributed by atoms with van der Waals surface area (Å²) in [6.45, 7) is 2.84. The van der Waals surface area contributed by atoms with E-state index < -0.39 is 11.3 Å². The molecule has 0 amide bonds. The van der Waals surface area contributed by atoms with Gasteiger partial charge in [-0.1, -0.05) is 126 Å². The van der Waals surface area contributed by atoms with Crippen molar-refractivity contribution in [3.63, 3.8) is 0 Å². The lowest BCUT2D eigenvalue weighted by Gasteiger charge is -2.30. The molecule has 1 unspecified atom stereocenters. The summed E-state index contributed by atoms with van der Waals surface area (Å²) in [6, 6.07) is 18.6. The van der Waals surface area contributed by atoms with E-state index in [1.807, 2.05) is 60.7 Å². The number of para-hydroxylation sites is 1. The highest BCUT2D eigenvalue weighted by atomic mass is 35.5. The Balaban J connectivity index is 1.73. The van der Waals surface area contributed by atoms with E-state index in [1.54, 1.807) is 5.06 Å². The summed E-state index contributed by atoms with van der Waals surface area (Å²) in [4.78, 5) is 18.5. The summed E-state index contributed by atoms with van der Waals surface area (Å²) >= 11 is 6.02. The third-order valence-corrected chi connectivity index (χ3v) is 6.01. The van der Waals surface area contributed by atoms with Crippen molar-refractivity contribution in [1.29, 1.82) is 0 Å². The van der Waals surface area contributed by atoms with Crippen LogP contribution in [0.2, 0.25) is 0 Å². The second-order valence-electron chi connectivity index (χ2n) is 8.50. The molecule has 0 aliphatic rings. The molecule has 4 heteroatoms. The highest BCUT2D eigenvalue weighted by Crippen LogP contribution is 2.29. The van der Waals surface area contributed by atoms with Crippen LogP contribution in [0.1, 0.15) is 95.6 Å². The van der Waals surface area contributed by atoms with E-state index >= 15 is 0 Å². The molecule has 176 valence electrons. The maximum atomic E-state index is 12.3. The second kappa shape index (κ2) is 16.7. The summed E-state index contributed by atoms with van der Waals surface area (Å²) in [5.74, 6) is 0. The molecule has 3 nitrogen and oxygen atoms in total. The van der Waals surface area contributed by atoms with Crippen molar-refractivity contribution in [1.82, 2.24) is 0 Å². The van der Waals surface area contributed by atoms with Crippen LogP contribution in [0.25, 0.3) is 0 Å². The molecular formula is C28H40ClNO2. The van der Waals surface area contributed by atoms with Crippen LogP contribution in [0.4, 0.5) is 5.69 Å². The Bertz CT molecular complexity index is 723. The number of carbonyl (C=O) groups excluding carboxylic acids is 1. The molecule has 32 heavy (non-hydrogen) atoms. The third-order valence-electron chi connectivity index (χ3n) is 5.80. The van der Waals surface area contributed by atoms with Gasteiger partial charge in [0.1, 0.15) is 0 Å². The molecule has 0 fully saturated rings. The molecule has 0 heterocycles. The van der Waals surface area contributed by atoms with Crippen molar-refractivity contribution in [3.05, 3.63) is 66.2 Å². The molecule has 0 N–H and O–H groups in total. The standard InChI is InChI=1S/C28H40ClNO2/c1-2-3-4-5-6-7-8-9-10-11-12-19-24-32-30(26-22-17-14-18-23-26)27(28(29)31)25-20-15-13-16-21-25/h13-18,20-23,27H,2-12,19,24H2,1H3. The Morgan fingerprint density at radius 1 is 0.750 bits per heavy atom. The van der Waals surface area contributed by atoms with Crippen LogP contribution >= 0.6 is 11.6 Å². The van der Waals surface area contributed by atoms with Gasteiger partial charge in [-0.05, 0) is 35.7 Å². The molecule has 2 aromatic rings. The summed E-state index contributed by atoms with van der Waals surface area (Å²) in [7, 11) is 0. The summed E-state index contributed by atoms with van der Waals surface area (Å²) in [5.41, 5.74) is 1.65. The molecule has 1 atom stereocenters. The minimum absolute atomic E-state index is 0.449. The van der Waals surface area contributed by atoms with E-state index in [4.69, 9.17) is 16.4 Å². The number of nitrogens with zero attached hydrogens (tertiary/aromatic N) is 1. The van der Waals surface area contributed by atoms with Gasteiger partial charge in [0.15, 0.2) is 6.04 Å². The lowest BCUT2D eigenvalue weighted by atomic mass is 10.1. The lowest BCUT2D eigenvalue weighted by molar-refractivity contribution is -0.115. The number of unbranched alkanes of at least 4 members (excludes halogenated alkanes) is 11. The van der Waals surface area contributed by atoms with Crippen LogP contribution in [0, 0.1) is 0 Å². The zero-order chi connectivity index (χ0) is 22.9. The molecular weight excluding hydrogens is 418 g/mol. The summed E-state index contributed by atoms with van der Waals surface area (Å²) < 4.78 is 0. The maximum Gasteiger partial charge on any atom is 0.251 e. The average Bonchev–Trinajstić information content (AvgIpc) is 2.82. The van der Waals surface area contributed by atoms with Crippen molar-refractivity contribution < 1.29 is 9.63 Å². The number of carbonyl (C=O) groups is 1. The monoisotopic (exact) mass is 457 g/mol. The number of anilines is 1. The van der Waals surface area contributed by atoms with Crippen LogP contribution in [0.15, 0.2) is 60.7 Å². The first-order chi connectivity index (χ1) is 15.7. The topological polar surface area (TPSA) is 29.5 Å². The lowest BCUT2D eigenvalue weighted by Crippen LogP contribution is -2.33. The predicted octanol–water partition coefficient (Wildman–Crippen LogP) is 8.63. The molecule has 0 aliphatic heterocycles. The van der Waals surface area contributed by atoms with Crippen LogP contribution < -0.4 is 5.06 Å². The first-order valence-corrected chi connectivity index (χ1v) is 12.8. The molecule has 0 radical (unpaired) electrons. The minimum Gasteiger partial charge on any atom is -0.278 e. The fraction of sp³-hybridized carbons (Fsp3) is 0.536. The largest absolute Gasteiger partial charge is 0.278 e. The van der Waals surface area contributed by atoms with Crippen molar-refractivity contribution in [2.45, 2.75) is 90.0 Å². The molecule has 0 saturated heterocycles. The van der Waals surface area contributed by atoms with Gasteiger partial charge in [0.2, 0.25) is 0 Å². The number of benzene rings is 2. The fourth-order valence-electron chi connectivity index (χ4n) is 3.97. The van der Waals surface area contributed by atoms with E-state index in [9.17, 15) is 4.79 Å². The van der Waals surface area contributed by atoms with E-state index in [-0.39, 0.29) is 0 Å². The van der Waals surface area contributed by atoms with Gasteiger partial charge >= 0.3 is 0 Å². The number of hydrogen-bond acceptors (Lipinski definition) is 3. The Hall–Kier alpha value is -1.84. The van der Waals surface area contributed by atoms with E-state index in [0.717, 1.165) is 24.1 Å². The molecule has 2 rings (SSSR count). The second-order valence-corrected chi connectivity index (χ2v) is 8.87. The Morgan fingerprint density at radius 3 is 1.72 bits per heavy atom. The molecule has 0 aromatic heterocycles. The third kappa shape index (κ3) is 10.2. The van der Waals surface area contributed by atoms with Gasteiger partial charge in [-0.2, -0.15) is 0 Å². The van der Waals surface area contributed by atoms with Crippen LogP contribution in [-0.4, -0.2) is 11.8 Å². The zero-order valence-corrected chi connectivity index (χ0v) is 20.4. The first kappa shape index (κ1) is 26.4. The van der Waals surface area contributed by atoms with E-state index in [2.05, 4.69) is 6.92 Å². The highest BCUT2D eigenvalue weighted by molar-refractivity contribution is 6.64. The summed E-state index contributed by atoms with van der Waals surface area (Å²) in [5, 5.41) is 1.22. The SMILES string of the molecule is CCCCCCCCCCCCCCON(c1ccccc1)C(C(=O)Cl)c1ccccc1. The number of rotatable bonds is 18. The average molecular weight is 458 g/mol. The van der Waals surface area contributed by atoms with Gasteiger partial charge in [0.05, 0.1) is 12.3 Å². The van der Waals surface area contributed by atoms with Gasteiger partial charge in [0, 0.05) is 0 Å². The number of halogens is 1. The molecule has 0 bridgehead atoms. The minimum atomic E-state index is -0.669. The molecule has 0 aliphatic carbocycles. The van der Waals surface area contributed by atoms with Crippen LogP contribution in [-0.2, 0) is 9.63 Å². The van der Waals surface area contributed by atoms with Crippen molar-refractivity contribution in [3.8, 4) is 0 Å². The Morgan fingerprint density at radius 2 is 1.22 bits per heavy atom. The Labute approximate surface area is 200 Å². The maximum absolute atomic E-state index is 12.3. The quantitative estimate of drug-likeness (QED) is 0.127. The Kier molecular flexibility index (Phi) is 13.8. The smallest absolute Gasteiger partial charge is 0.251 e. The van der Waals surface area contributed by atoms with E-state index in [1.165, 1.54) is 64.2 Å². The van der Waals surface area contributed by atoms with Crippen molar-refractivity contribution in [2.75, 3.05) is 11.7 Å². The van der Waals surface area contributed by atoms with Crippen molar-refractivity contribution in [2.24, 2.45) is 0 Å². The van der Waals surface area contributed by atoms with E-state index in [0.29, 0.717) is 6.61 Å². The van der Waals surface area contributed by atoms with Crippen LogP contribution in [0.3, 0.4) is 0 Å². The van der Waals surface area contributed by atoms with Crippen molar-refractivity contribution >= 4 is 22.5 Å². The predicted molar refractivity (Wildman–Crippen MR) is 136 cm³/mol. The fourth-order valence-corrected chi connectivity index (χ4v) is 4.19. The molecule has 2 aromatic carbocycles. The van der Waals surface area contributed by atoms with Gasteiger partial charge in [-0.3, -0.25) is 9.63 Å². The number of hydrogen-bond donors (Lipinski definition) is 0. The van der Waals surface area contributed by atoms with Gasteiger partial charge in [0.25, 0.3) is 5.24 Å². The van der Waals surface area contributed by atoms with Gasteiger partial charge in [-0.15, -0.1) is 0 Å². The molecule has 0 saturated carbocycles. The zero-order valence-electron chi connectivity index (χ0n) is 19.7. The summed E-state index contributed by atoms with van der Waals surface area (Å²) in [6.07, 6.45) is 15.6. The van der Waals surface area contributed by atoms with Gasteiger partial charge in [-0.25, -0.2) is 5.06 Å². The van der Waals surface area contributed by atoms with Crippen LogP contribution in [0.5, 0.6) is 0 Å². The molecule has 0 spiro atoms. The normalized spacial score (nSPS) is 11.9.